The summed E-state index contributed by atoms with van der Waals surface area (Å²) in [6.45, 7) is 2.60. The van der Waals surface area contributed by atoms with Crippen molar-refractivity contribution in [3.05, 3.63) is 35.9 Å². The molecule has 128 valence electrons. The Morgan fingerprint density at radius 2 is 1.91 bits per heavy atom. The van der Waals surface area contributed by atoms with Crippen molar-refractivity contribution in [3.63, 3.8) is 0 Å². The van der Waals surface area contributed by atoms with Crippen molar-refractivity contribution in [2.75, 3.05) is 26.8 Å². The summed E-state index contributed by atoms with van der Waals surface area (Å²) in [7, 11) is 1.84. The van der Waals surface area contributed by atoms with Crippen LogP contribution in [-0.2, 0) is 11.2 Å². The molecule has 0 radical (unpaired) electrons. The van der Waals surface area contributed by atoms with Crippen LogP contribution in [0, 0.1) is 0 Å². The van der Waals surface area contributed by atoms with Gasteiger partial charge in [0.1, 0.15) is 0 Å². The molecule has 0 atom stereocenters. The lowest BCUT2D eigenvalue weighted by Gasteiger charge is -2.16. The standard InChI is InChI=1S/C19H31N3O/c1-20-19(22-18-11-5-6-12-18)21-14-7-8-15-23-16-13-17-9-3-2-4-10-17/h2-4,9-10,18H,5-8,11-16H2,1H3,(H2,20,21,22). The fraction of sp³-hybridized carbons (Fsp3) is 0.632. The topological polar surface area (TPSA) is 45.7 Å². The van der Waals surface area contributed by atoms with Crippen LogP contribution in [0.4, 0.5) is 0 Å². The van der Waals surface area contributed by atoms with Crippen LogP contribution in [0.15, 0.2) is 35.3 Å². The number of hydrogen-bond acceptors (Lipinski definition) is 2. The summed E-state index contributed by atoms with van der Waals surface area (Å²) in [5.74, 6) is 0.946. The zero-order chi connectivity index (χ0) is 16.2. The zero-order valence-corrected chi connectivity index (χ0v) is 14.4. The minimum Gasteiger partial charge on any atom is -0.381 e. The Morgan fingerprint density at radius 1 is 1.13 bits per heavy atom. The van der Waals surface area contributed by atoms with Crippen molar-refractivity contribution in [2.24, 2.45) is 4.99 Å². The van der Waals surface area contributed by atoms with Gasteiger partial charge in [-0.25, -0.2) is 0 Å². The van der Waals surface area contributed by atoms with Gasteiger partial charge in [-0.15, -0.1) is 0 Å². The monoisotopic (exact) mass is 317 g/mol. The molecule has 0 saturated heterocycles. The van der Waals surface area contributed by atoms with E-state index in [2.05, 4.69) is 39.9 Å². The lowest BCUT2D eigenvalue weighted by Crippen LogP contribution is -2.42. The number of ether oxygens (including phenoxy) is 1. The van der Waals surface area contributed by atoms with Gasteiger partial charge in [0.15, 0.2) is 5.96 Å². The van der Waals surface area contributed by atoms with Crippen molar-refractivity contribution in [2.45, 2.75) is 51.0 Å². The van der Waals surface area contributed by atoms with Crippen LogP contribution in [-0.4, -0.2) is 38.8 Å². The molecule has 1 aliphatic rings. The molecule has 4 nitrogen and oxygen atoms in total. The van der Waals surface area contributed by atoms with Crippen molar-refractivity contribution >= 4 is 5.96 Å². The second-order valence-electron chi connectivity index (χ2n) is 6.18. The molecule has 1 aromatic rings. The van der Waals surface area contributed by atoms with Crippen LogP contribution in [0.5, 0.6) is 0 Å². The summed E-state index contributed by atoms with van der Waals surface area (Å²) in [6, 6.07) is 11.1. The van der Waals surface area contributed by atoms with E-state index in [1.54, 1.807) is 0 Å². The summed E-state index contributed by atoms with van der Waals surface area (Å²) >= 11 is 0. The second-order valence-corrected chi connectivity index (χ2v) is 6.18. The Kier molecular flexibility index (Phi) is 8.56. The predicted octanol–water partition coefficient (Wildman–Crippen LogP) is 3.13. The fourth-order valence-electron chi connectivity index (χ4n) is 2.93. The highest BCUT2D eigenvalue weighted by molar-refractivity contribution is 5.79. The quantitative estimate of drug-likeness (QED) is 0.418. The van der Waals surface area contributed by atoms with E-state index in [9.17, 15) is 0 Å². The van der Waals surface area contributed by atoms with E-state index in [0.717, 1.165) is 45.0 Å². The lowest BCUT2D eigenvalue weighted by molar-refractivity contribution is 0.133. The molecule has 2 N–H and O–H groups in total. The molecule has 1 fully saturated rings. The summed E-state index contributed by atoms with van der Waals surface area (Å²) in [5, 5.41) is 6.90. The molecule has 4 heteroatoms. The molecule has 0 unspecified atom stereocenters. The van der Waals surface area contributed by atoms with E-state index < -0.39 is 0 Å². The summed E-state index contributed by atoms with van der Waals surface area (Å²) < 4.78 is 5.70. The van der Waals surface area contributed by atoms with Crippen molar-refractivity contribution in [1.82, 2.24) is 10.6 Å². The van der Waals surface area contributed by atoms with Gasteiger partial charge in [-0.2, -0.15) is 0 Å². The van der Waals surface area contributed by atoms with E-state index >= 15 is 0 Å². The smallest absolute Gasteiger partial charge is 0.191 e. The van der Waals surface area contributed by atoms with Gasteiger partial charge in [-0.1, -0.05) is 43.2 Å². The Hall–Kier alpha value is -1.55. The first-order chi connectivity index (χ1) is 11.4. The number of aliphatic imine (C=N–C) groups is 1. The van der Waals surface area contributed by atoms with Gasteiger partial charge < -0.3 is 15.4 Å². The number of hydrogen-bond donors (Lipinski definition) is 2. The third-order valence-electron chi connectivity index (χ3n) is 4.31. The van der Waals surface area contributed by atoms with Gasteiger partial charge in [0.05, 0.1) is 6.61 Å². The minimum absolute atomic E-state index is 0.613. The molecule has 0 aromatic heterocycles. The molecule has 0 bridgehead atoms. The Bertz CT molecular complexity index is 441. The molecule has 1 aromatic carbocycles. The molecule has 0 aliphatic heterocycles. The van der Waals surface area contributed by atoms with Gasteiger partial charge in [0, 0.05) is 26.2 Å². The molecule has 1 aliphatic carbocycles. The van der Waals surface area contributed by atoms with Crippen molar-refractivity contribution in [3.8, 4) is 0 Å². The third kappa shape index (κ3) is 7.51. The largest absolute Gasteiger partial charge is 0.381 e. The number of nitrogens with zero attached hydrogens (tertiary/aromatic N) is 1. The zero-order valence-electron chi connectivity index (χ0n) is 14.4. The number of rotatable bonds is 9. The fourth-order valence-corrected chi connectivity index (χ4v) is 2.93. The molecule has 0 amide bonds. The molecule has 1 saturated carbocycles. The van der Waals surface area contributed by atoms with Crippen LogP contribution in [0.3, 0.4) is 0 Å². The van der Waals surface area contributed by atoms with Crippen molar-refractivity contribution < 1.29 is 4.74 Å². The molecule has 0 heterocycles. The maximum Gasteiger partial charge on any atom is 0.191 e. The predicted molar refractivity (Wildman–Crippen MR) is 97.0 cm³/mol. The highest BCUT2D eigenvalue weighted by atomic mass is 16.5. The first-order valence-corrected chi connectivity index (χ1v) is 8.97. The maximum atomic E-state index is 5.70. The number of guanidine groups is 1. The lowest BCUT2D eigenvalue weighted by atomic mass is 10.2. The molecular formula is C19H31N3O. The highest BCUT2D eigenvalue weighted by Gasteiger charge is 2.15. The van der Waals surface area contributed by atoms with Crippen LogP contribution in [0.25, 0.3) is 0 Å². The van der Waals surface area contributed by atoms with Crippen LogP contribution >= 0.6 is 0 Å². The number of nitrogens with one attached hydrogen (secondary N) is 2. The SMILES string of the molecule is CN=C(NCCCCOCCc1ccccc1)NC1CCCC1. The Morgan fingerprint density at radius 3 is 2.65 bits per heavy atom. The summed E-state index contributed by atoms with van der Waals surface area (Å²) in [5.41, 5.74) is 1.34. The molecule has 23 heavy (non-hydrogen) atoms. The average Bonchev–Trinajstić information content (AvgIpc) is 3.10. The van der Waals surface area contributed by atoms with E-state index in [4.69, 9.17) is 4.74 Å². The Balaban J connectivity index is 1.44. The molecular weight excluding hydrogens is 286 g/mol. The van der Waals surface area contributed by atoms with Gasteiger partial charge in [-0.3, -0.25) is 4.99 Å². The number of unbranched alkanes of at least 4 members (excludes halogenated alkanes) is 1. The summed E-state index contributed by atoms with van der Waals surface area (Å²) in [4.78, 5) is 4.30. The first-order valence-electron chi connectivity index (χ1n) is 8.97. The first kappa shape index (κ1) is 17.8. The van der Waals surface area contributed by atoms with E-state index in [-0.39, 0.29) is 0 Å². The second kappa shape index (κ2) is 11.1. The maximum absolute atomic E-state index is 5.70. The van der Waals surface area contributed by atoms with Gasteiger partial charge in [0.25, 0.3) is 0 Å². The highest BCUT2D eigenvalue weighted by Crippen LogP contribution is 2.17. The van der Waals surface area contributed by atoms with Crippen LogP contribution in [0.2, 0.25) is 0 Å². The van der Waals surface area contributed by atoms with Crippen LogP contribution in [0.1, 0.15) is 44.1 Å². The number of benzene rings is 1. The van der Waals surface area contributed by atoms with E-state index in [0.29, 0.717) is 6.04 Å². The van der Waals surface area contributed by atoms with Crippen LogP contribution < -0.4 is 10.6 Å². The minimum atomic E-state index is 0.613. The van der Waals surface area contributed by atoms with E-state index in [1.807, 2.05) is 13.1 Å². The van der Waals surface area contributed by atoms with Gasteiger partial charge in [-0.05, 0) is 37.7 Å². The van der Waals surface area contributed by atoms with E-state index in [1.165, 1.54) is 31.2 Å². The molecule has 2 rings (SSSR count). The third-order valence-corrected chi connectivity index (χ3v) is 4.31. The van der Waals surface area contributed by atoms with Gasteiger partial charge >= 0.3 is 0 Å². The van der Waals surface area contributed by atoms with Crippen molar-refractivity contribution in [1.29, 1.82) is 0 Å². The Labute approximate surface area is 140 Å². The normalized spacial score (nSPS) is 15.8. The summed E-state index contributed by atoms with van der Waals surface area (Å²) in [6.07, 6.45) is 8.42. The average molecular weight is 317 g/mol. The van der Waals surface area contributed by atoms with Gasteiger partial charge in [0.2, 0.25) is 0 Å². The molecule has 0 spiro atoms.